The first-order chi connectivity index (χ1) is 15.3. The van der Waals surface area contributed by atoms with Gasteiger partial charge in [-0.2, -0.15) is 0 Å². The molecule has 0 fully saturated rings. The number of hydrogen-bond acceptors (Lipinski definition) is 4. The monoisotopic (exact) mass is 488 g/mol. The molecule has 0 aliphatic carbocycles. The molecule has 0 spiro atoms. The lowest BCUT2D eigenvalue weighted by Crippen LogP contribution is -2.30. The summed E-state index contributed by atoms with van der Waals surface area (Å²) in [5, 5.41) is 0.438. The highest BCUT2D eigenvalue weighted by atomic mass is 79.9. The number of fused-ring (bicyclic) bond motifs is 2. The molecular weight excluding hydrogens is 468 g/mol. The van der Waals surface area contributed by atoms with Crippen LogP contribution in [0.4, 0.5) is 5.82 Å². The van der Waals surface area contributed by atoms with Gasteiger partial charge in [0.05, 0.1) is 17.0 Å². The van der Waals surface area contributed by atoms with Crippen LogP contribution in [0.25, 0.3) is 11.0 Å². The van der Waals surface area contributed by atoms with Crippen LogP contribution in [-0.4, -0.2) is 10.9 Å². The van der Waals surface area contributed by atoms with Crippen LogP contribution in [-0.2, 0) is 0 Å². The first kappa shape index (κ1) is 20.6. The van der Waals surface area contributed by atoms with Crippen LogP contribution in [0.2, 0.25) is 0 Å². The standard InChI is InChI=1S/C26H21BrN2O3/c1-14(2)16-5-7-17(8-6-16)23-22-24(30)19-12-18(27)9-10-20(19)32-25(22)26(31)29(23)21-11-4-15(3)13-28-21/h4-14,23H,1-3H3. The Hall–Kier alpha value is -3.25. The van der Waals surface area contributed by atoms with Gasteiger partial charge in [0.15, 0.2) is 5.43 Å². The van der Waals surface area contributed by atoms with Gasteiger partial charge >= 0.3 is 0 Å². The summed E-state index contributed by atoms with van der Waals surface area (Å²) in [6.45, 7) is 6.20. The lowest BCUT2D eigenvalue weighted by molar-refractivity contribution is 0.0970. The van der Waals surface area contributed by atoms with E-state index in [0.717, 1.165) is 15.6 Å². The maximum absolute atomic E-state index is 13.6. The van der Waals surface area contributed by atoms with E-state index in [1.165, 1.54) is 5.56 Å². The van der Waals surface area contributed by atoms with Gasteiger partial charge in [-0.3, -0.25) is 14.5 Å². The molecule has 5 rings (SSSR count). The number of benzene rings is 2. The van der Waals surface area contributed by atoms with Crippen molar-refractivity contribution in [1.82, 2.24) is 4.98 Å². The average molecular weight is 489 g/mol. The van der Waals surface area contributed by atoms with E-state index >= 15 is 0 Å². The number of rotatable bonds is 3. The van der Waals surface area contributed by atoms with E-state index in [2.05, 4.69) is 34.8 Å². The molecule has 6 heteroatoms. The molecule has 2 aromatic carbocycles. The van der Waals surface area contributed by atoms with E-state index in [1.54, 1.807) is 35.4 Å². The van der Waals surface area contributed by atoms with Gasteiger partial charge in [0.1, 0.15) is 11.4 Å². The van der Waals surface area contributed by atoms with Crippen LogP contribution in [0.15, 0.2) is 74.5 Å². The second-order valence-electron chi connectivity index (χ2n) is 8.41. The van der Waals surface area contributed by atoms with Crippen LogP contribution >= 0.6 is 15.9 Å². The number of amides is 1. The molecule has 1 amide bonds. The summed E-state index contributed by atoms with van der Waals surface area (Å²) in [6.07, 6.45) is 1.72. The van der Waals surface area contributed by atoms with Gasteiger partial charge in [-0.05, 0) is 53.8 Å². The fourth-order valence-corrected chi connectivity index (χ4v) is 4.52. The Kier molecular flexibility index (Phi) is 4.97. The molecule has 160 valence electrons. The van der Waals surface area contributed by atoms with Crippen molar-refractivity contribution in [3.05, 3.63) is 104 Å². The van der Waals surface area contributed by atoms with Gasteiger partial charge in [0, 0.05) is 10.7 Å². The van der Waals surface area contributed by atoms with Crippen LogP contribution < -0.4 is 10.3 Å². The van der Waals surface area contributed by atoms with E-state index in [-0.39, 0.29) is 17.1 Å². The van der Waals surface area contributed by atoms with Gasteiger partial charge in [0.2, 0.25) is 5.76 Å². The average Bonchev–Trinajstić information content (AvgIpc) is 3.07. The second-order valence-corrected chi connectivity index (χ2v) is 9.32. The van der Waals surface area contributed by atoms with Crippen molar-refractivity contribution >= 4 is 38.6 Å². The van der Waals surface area contributed by atoms with Gasteiger partial charge in [-0.1, -0.05) is 60.1 Å². The number of pyridine rings is 1. The highest BCUT2D eigenvalue weighted by molar-refractivity contribution is 9.10. The molecule has 0 saturated heterocycles. The van der Waals surface area contributed by atoms with Gasteiger partial charge < -0.3 is 4.42 Å². The number of carbonyl (C=O) groups is 1. The SMILES string of the molecule is Cc1ccc(N2C(=O)c3oc4ccc(Br)cc4c(=O)c3C2c2ccc(C(C)C)cc2)nc1. The van der Waals surface area contributed by atoms with Crippen LogP contribution in [0, 0.1) is 6.92 Å². The summed E-state index contributed by atoms with van der Waals surface area (Å²) in [5.74, 6) is 0.568. The summed E-state index contributed by atoms with van der Waals surface area (Å²) in [7, 11) is 0. The number of nitrogens with zero attached hydrogens (tertiary/aromatic N) is 2. The molecule has 1 atom stereocenters. The number of halogens is 1. The fourth-order valence-electron chi connectivity index (χ4n) is 4.16. The van der Waals surface area contributed by atoms with Crippen LogP contribution in [0.1, 0.15) is 58.6 Å². The molecule has 1 unspecified atom stereocenters. The number of anilines is 1. The largest absolute Gasteiger partial charge is 0.450 e. The quantitative estimate of drug-likeness (QED) is 0.347. The van der Waals surface area contributed by atoms with Crippen LogP contribution in [0.3, 0.4) is 0 Å². The fraction of sp³-hybridized carbons (Fsp3) is 0.192. The molecule has 32 heavy (non-hydrogen) atoms. The Labute approximate surface area is 193 Å². The first-order valence-corrected chi connectivity index (χ1v) is 11.3. The number of aryl methyl sites for hydroxylation is 1. The highest BCUT2D eigenvalue weighted by Crippen LogP contribution is 2.41. The molecule has 1 aliphatic rings. The maximum Gasteiger partial charge on any atom is 0.296 e. The Morgan fingerprint density at radius 3 is 2.44 bits per heavy atom. The summed E-state index contributed by atoms with van der Waals surface area (Å²) in [4.78, 5) is 33.2. The highest BCUT2D eigenvalue weighted by Gasteiger charge is 2.44. The van der Waals surface area contributed by atoms with Crippen molar-refractivity contribution < 1.29 is 9.21 Å². The summed E-state index contributed by atoms with van der Waals surface area (Å²) < 4.78 is 6.78. The second kappa shape index (κ2) is 7.71. The zero-order chi connectivity index (χ0) is 22.6. The normalized spacial score (nSPS) is 15.6. The molecule has 0 saturated carbocycles. The number of carbonyl (C=O) groups excluding carboxylic acids is 1. The zero-order valence-corrected chi connectivity index (χ0v) is 19.5. The molecule has 5 nitrogen and oxygen atoms in total. The van der Waals surface area contributed by atoms with Crippen molar-refractivity contribution in [2.75, 3.05) is 4.90 Å². The Morgan fingerprint density at radius 2 is 1.78 bits per heavy atom. The molecule has 0 N–H and O–H groups in total. The lowest BCUT2D eigenvalue weighted by atomic mass is 9.95. The predicted octanol–water partition coefficient (Wildman–Crippen LogP) is 6.13. The third-order valence-corrected chi connectivity index (χ3v) is 6.39. The van der Waals surface area contributed by atoms with Crippen molar-refractivity contribution in [2.24, 2.45) is 0 Å². The summed E-state index contributed by atoms with van der Waals surface area (Å²) in [6, 6.07) is 16.4. The molecule has 0 radical (unpaired) electrons. The molecule has 3 heterocycles. The molecule has 1 aliphatic heterocycles. The minimum atomic E-state index is -0.617. The molecule has 0 bridgehead atoms. The van der Waals surface area contributed by atoms with Gasteiger partial charge in [-0.15, -0.1) is 0 Å². The zero-order valence-electron chi connectivity index (χ0n) is 17.9. The minimum absolute atomic E-state index is 0.0742. The maximum atomic E-state index is 13.6. The van der Waals surface area contributed by atoms with E-state index in [0.29, 0.717) is 28.3 Å². The van der Waals surface area contributed by atoms with Crippen molar-refractivity contribution in [3.63, 3.8) is 0 Å². The Balaban J connectivity index is 1.78. The molecular formula is C26H21BrN2O3. The Morgan fingerprint density at radius 1 is 1.03 bits per heavy atom. The third kappa shape index (κ3) is 3.26. The summed E-state index contributed by atoms with van der Waals surface area (Å²) in [5.41, 5.74) is 3.54. The van der Waals surface area contributed by atoms with Crippen molar-refractivity contribution in [3.8, 4) is 0 Å². The smallest absolute Gasteiger partial charge is 0.296 e. The number of aromatic nitrogens is 1. The predicted molar refractivity (Wildman–Crippen MR) is 128 cm³/mol. The van der Waals surface area contributed by atoms with E-state index in [1.807, 2.05) is 37.3 Å². The lowest BCUT2D eigenvalue weighted by Gasteiger charge is -2.24. The number of hydrogen-bond donors (Lipinski definition) is 0. The first-order valence-electron chi connectivity index (χ1n) is 10.5. The molecule has 2 aromatic heterocycles. The minimum Gasteiger partial charge on any atom is -0.450 e. The van der Waals surface area contributed by atoms with Crippen molar-refractivity contribution in [2.45, 2.75) is 32.7 Å². The molecule has 4 aromatic rings. The van der Waals surface area contributed by atoms with Crippen molar-refractivity contribution in [1.29, 1.82) is 0 Å². The Bertz CT molecular complexity index is 1410. The van der Waals surface area contributed by atoms with Gasteiger partial charge in [0.25, 0.3) is 5.91 Å². The van der Waals surface area contributed by atoms with E-state index in [9.17, 15) is 9.59 Å². The van der Waals surface area contributed by atoms with E-state index < -0.39 is 6.04 Å². The van der Waals surface area contributed by atoms with E-state index in [4.69, 9.17) is 4.42 Å². The topological polar surface area (TPSA) is 63.4 Å². The summed E-state index contributed by atoms with van der Waals surface area (Å²) >= 11 is 3.43. The van der Waals surface area contributed by atoms with Gasteiger partial charge in [-0.25, -0.2) is 4.98 Å². The third-order valence-electron chi connectivity index (χ3n) is 5.89. The van der Waals surface area contributed by atoms with Crippen LogP contribution in [0.5, 0.6) is 0 Å².